The smallest absolute Gasteiger partial charge is 0.324 e. The fourth-order valence-electron chi connectivity index (χ4n) is 2.09. The second-order valence-corrected chi connectivity index (χ2v) is 4.88. The van der Waals surface area contributed by atoms with E-state index in [1.165, 1.54) is 0 Å². The van der Waals surface area contributed by atoms with Gasteiger partial charge in [-0.25, -0.2) is 0 Å². The second-order valence-electron chi connectivity index (χ2n) is 4.88. The molecule has 3 nitrogen and oxygen atoms in total. The Labute approximate surface area is 124 Å². The Kier molecular flexibility index (Phi) is 5.29. The fraction of sp³-hybridized carbons (Fsp3) is 0.167. The SMILES string of the molecule is CC(NC(C=Cc1ccccc1)C(=O)O)c1ccccc1. The molecule has 2 N–H and O–H groups in total. The van der Waals surface area contributed by atoms with Gasteiger partial charge in [0, 0.05) is 6.04 Å². The van der Waals surface area contributed by atoms with Crippen molar-refractivity contribution in [3.05, 3.63) is 77.9 Å². The van der Waals surface area contributed by atoms with Gasteiger partial charge in [0.15, 0.2) is 0 Å². The van der Waals surface area contributed by atoms with Crippen LogP contribution in [0, 0.1) is 0 Å². The van der Waals surface area contributed by atoms with Crippen LogP contribution in [-0.2, 0) is 4.79 Å². The van der Waals surface area contributed by atoms with Crippen LogP contribution < -0.4 is 5.32 Å². The first-order valence-electron chi connectivity index (χ1n) is 6.94. The van der Waals surface area contributed by atoms with Crippen molar-refractivity contribution in [1.29, 1.82) is 0 Å². The summed E-state index contributed by atoms with van der Waals surface area (Å²) in [5.74, 6) is -0.884. The van der Waals surface area contributed by atoms with Gasteiger partial charge >= 0.3 is 5.97 Å². The standard InChI is InChI=1S/C18H19NO2/c1-14(16-10-6-3-7-11-16)19-17(18(20)21)13-12-15-8-4-2-5-9-15/h2-14,17,19H,1H3,(H,20,21). The Morgan fingerprint density at radius 1 is 1.05 bits per heavy atom. The van der Waals surface area contributed by atoms with Crippen molar-refractivity contribution >= 4 is 12.0 Å². The lowest BCUT2D eigenvalue weighted by molar-refractivity contribution is -0.138. The molecule has 21 heavy (non-hydrogen) atoms. The van der Waals surface area contributed by atoms with Crippen molar-refractivity contribution in [2.24, 2.45) is 0 Å². The predicted molar refractivity (Wildman–Crippen MR) is 84.9 cm³/mol. The molecule has 0 bridgehead atoms. The first-order chi connectivity index (χ1) is 10.2. The van der Waals surface area contributed by atoms with E-state index in [-0.39, 0.29) is 6.04 Å². The lowest BCUT2D eigenvalue weighted by Crippen LogP contribution is -2.36. The van der Waals surface area contributed by atoms with Crippen LogP contribution in [0.4, 0.5) is 0 Å². The van der Waals surface area contributed by atoms with Gasteiger partial charge in [-0.05, 0) is 18.1 Å². The summed E-state index contributed by atoms with van der Waals surface area (Å²) in [5, 5.41) is 12.4. The van der Waals surface area contributed by atoms with Gasteiger partial charge in [-0.3, -0.25) is 10.1 Å². The number of hydrogen-bond acceptors (Lipinski definition) is 2. The first kappa shape index (κ1) is 15.0. The van der Waals surface area contributed by atoms with E-state index in [4.69, 9.17) is 0 Å². The number of rotatable bonds is 6. The second kappa shape index (κ2) is 7.41. The molecule has 0 aliphatic carbocycles. The summed E-state index contributed by atoms with van der Waals surface area (Å²) in [6, 6.07) is 18.7. The van der Waals surface area contributed by atoms with Crippen LogP contribution >= 0.6 is 0 Å². The van der Waals surface area contributed by atoms with Crippen LogP contribution in [-0.4, -0.2) is 17.1 Å². The molecule has 0 saturated heterocycles. The number of carboxylic acid groups (broad SMARTS) is 1. The zero-order valence-corrected chi connectivity index (χ0v) is 11.9. The van der Waals surface area contributed by atoms with Crippen molar-refractivity contribution in [1.82, 2.24) is 5.32 Å². The molecule has 0 amide bonds. The molecular weight excluding hydrogens is 262 g/mol. The summed E-state index contributed by atoms with van der Waals surface area (Å²) >= 11 is 0. The topological polar surface area (TPSA) is 49.3 Å². The molecule has 0 radical (unpaired) electrons. The minimum Gasteiger partial charge on any atom is -0.480 e. The van der Waals surface area contributed by atoms with E-state index < -0.39 is 12.0 Å². The van der Waals surface area contributed by atoms with Crippen molar-refractivity contribution in [3.63, 3.8) is 0 Å². The Hall–Kier alpha value is -2.39. The highest BCUT2D eigenvalue weighted by molar-refractivity contribution is 5.77. The summed E-state index contributed by atoms with van der Waals surface area (Å²) in [4.78, 5) is 11.4. The lowest BCUT2D eigenvalue weighted by atomic mass is 10.1. The minimum atomic E-state index is -0.884. The largest absolute Gasteiger partial charge is 0.480 e. The average molecular weight is 281 g/mol. The molecule has 2 aromatic rings. The zero-order valence-electron chi connectivity index (χ0n) is 11.9. The third-order valence-electron chi connectivity index (χ3n) is 3.28. The number of carbonyl (C=O) groups is 1. The maximum absolute atomic E-state index is 11.4. The molecule has 0 spiro atoms. The Bertz CT molecular complexity index is 593. The van der Waals surface area contributed by atoms with Crippen molar-refractivity contribution < 1.29 is 9.90 Å². The molecule has 0 aliphatic heterocycles. The van der Waals surface area contributed by atoms with Crippen LogP contribution in [0.15, 0.2) is 66.7 Å². The van der Waals surface area contributed by atoms with Crippen LogP contribution in [0.3, 0.4) is 0 Å². The summed E-state index contributed by atoms with van der Waals surface area (Å²) in [6.07, 6.45) is 3.50. The number of nitrogens with one attached hydrogen (secondary N) is 1. The normalized spacial score (nSPS) is 14.0. The van der Waals surface area contributed by atoms with E-state index in [2.05, 4.69) is 5.32 Å². The molecule has 0 saturated carbocycles. The summed E-state index contributed by atoms with van der Waals surface area (Å²) in [6.45, 7) is 1.96. The maximum Gasteiger partial charge on any atom is 0.324 e. The average Bonchev–Trinajstić information content (AvgIpc) is 2.52. The number of carboxylic acids is 1. The van der Waals surface area contributed by atoms with Gasteiger partial charge in [0.2, 0.25) is 0 Å². The summed E-state index contributed by atoms with van der Waals surface area (Å²) < 4.78 is 0. The van der Waals surface area contributed by atoms with Crippen molar-refractivity contribution in [3.8, 4) is 0 Å². The number of benzene rings is 2. The quantitative estimate of drug-likeness (QED) is 0.852. The molecule has 0 fully saturated rings. The molecular formula is C18H19NO2. The zero-order chi connectivity index (χ0) is 15.1. The molecule has 2 atom stereocenters. The van der Waals surface area contributed by atoms with E-state index >= 15 is 0 Å². The molecule has 2 rings (SSSR count). The van der Waals surface area contributed by atoms with E-state index in [0.29, 0.717) is 0 Å². The van der Waals surface area contributed by atoms with Gasteiger partial charge in [-0.1, -0.05) is 72.8 Å². The van der Waals surface area contributed by atoms with Gasteiger partial charge in [0.05, 0.1) is 0 Å². The Morgan fingerprint density at radius 3 is 2.19 bits per heavy atom. The molecule has 2 aromatic carbocycles. The molecule has 3 heteroatoms. The Morgan fingerprint density at radius 2 is 1.62 bits per heavy atom. The molecule has 0 heterocycles. The number of aliphatic carboxylic acids is 1. The van der Waals surface area contributed by atoms with Crippen molar-refractivity contribution in [2.45, 2.75) is 19.0 Å². The lowest BCUT2D eigenvalue weighted by Gasteiger charge is -2.18. The van der Waals surface area contributed by atoms with Crippen LogP contribution in [0.1, 0.15) is 24.1 Å². The molecule has 0 aromatic heterocycles. The van der Waals surface area contributed by atoms with Gasteiger partial charge in [0.1, 0.15) is 6.04 Å². The maximum atomic E-state index is 11.4. The van der Waals surface area contributed by atoms with E-state index in [1.54, 1.807) is 6.08 Å². The highest BCUT2D eigenvalue weighted by atomic mass is 16.4. The third kappa shape index (κ3) is 4.58. The van der Waals surface area contributed by atoms with Gasteiger partial charge < -0.3 is 5.11 Å². The van der Waals surface area contributed by atoms with Gasteiger partial charge in [-0.15, -0.1) is 0 Å². The fourth-order valence-corrected chi connectivity index (χ4v) is 2.09. The summed E-state index contributed by atoms with van der Waals surface area (Å²) in [5.41, 5.74) is 2.05. The monoisotopic (exact) mass is 281 g/mol. The number of hydrogen-bond donors (Lipinski definition) is 2. The van der Waals surface area contributed by atoms with Gasteiger partial charge in [0.25, 0.3) is 0 Å². The van der Waals surface area contributed by atoms with Crippen LogP contribution in [0.25, 0.3) is 6.08 Å². The van der Waals surface area contributed by atoms with E-state index in [0.717, 1.165) is 11.1 Å². The summed E-state index contributed by atoms with van der Waals surface area (Å²) in [7, 11) is 0. The van der Waals surface area contributed by atoms with Crippen LogP contribution in [0.2, 0.25) is 0 Å². The molecule has 2 unspecified atom stereocenters. The predicted octanol–water partition coefficient (Wildman–Crippen LogP) is 3.50. The van der Waals surface area contributed by atoms with Crippen molar-refractivity contribution in [2.75, 3.05) is 0 Å². The minimum absolute atomic E-state index is 0.0345. The molecule has 108 valence electrons. The van der Waals surface area contributed by atoms with E-state index in [9.17, 15) is 9.90 Å². The van der Waals surface area contributed by atoms with Crippen LogP contribution in [0.5, 0.6) is 0 Å². The molecule has 0 aliphatic rings. The highest BCUT2D eigenvalue weighted by Gasteiger charge is 2.17. The Balaban J connectivity index is 2.06. The third-order valence-corrected chi connectivity index (χ3v) is 3.28. The van der Waals surface area contributed by atoms with Gasteiger partial charge in [-0.2, -0.15) is 0 Å². The highest BCUT2D eigenvalue weighted by Crippen LogP contribution is 2.13. The van der Waals surface area contributed by atoms with E-state index in [1.807, 2.05) is 73.7 Å². The first-order valence-corrected chi connectivity index (χ1v) is 6.94.